The summed E-state index contributed by atoms with van der Waals surface area (Å²) in [5.74, 6) is -1.58. The summed E-state index contributed by atoms with van der Waals surface area (Å²) in [7, 11) is 0. The van der Waals surface area contributed by atoms with Gasteiger partial charge < -0.3 is 9.84 Å². The van der Waals surface area contributed by atoms with Gasteiger partial charge in [0.15, 0.2) is 4.34 Å². The highest BCUT2D eigenvalue weighted by Gasteiger charge is 2.48. The number of nitrogens with zero attached hydrogens (tertiary/aromatic N) is 3. The molecule has 1 aliphatic heterocycles. The van der Waals surface area contributed by atoms with E-state index < -0.39 is 17.7 Å². The van der Waals surface area contributed by atoms with Gasteiger partial charge in [-0.2, -0.15) is 0 Å². The lowest BCUT2D eigenvalue weighted by molar-refractivity contribution is -0.132. The number of hydrogen-bond donors (Lipinski definition) is 1. The molecule has 1 fully saturated rings. The molecule has 11 heteroatoms. The zero-order valence-electron chi connectivity index (χ0n) is 22.9. The molecule has 1 amide bonds. The Kier molecular flexibility index (Phi) is 8.74. The second kappa shape index (κ2) is 13.0. The maximum atomic E-state index is 14.2. The average Bonchev–Trinajstić information content (AvgIpc) is 3.62. The van der Waals surface area contributed by atoms with E-state index in [0.29, 0.717) is 44.2 Å². The Balaban J connectivity index is 1.37. The van der Waals surface area contributed by atoms with E-state index in [4.69, 9.17) is 16.3 Å². The molecule has 0 radical (unpaired) electrons. The lowest BCUT2D eigenvalue weighted by atomic mass is 9.95. The number of ether oxygens (including phenoxy) is 1. The van der Waals surface area contributed by atoms with Crippen LogP contribution in [-0.2, 0) is 21.9 Å². The van der Waals surface area contributed by atoms with Crippen LogP contribution in [0.1, 0.15) is 28.3 Å². The van der Waals surface area contributed by atoms with Gasteiger partial charge in [0.2, 0.25) is 5.13 Å². The number of anilines is 1. The number of carbonyl (C=O) groups is 2. The summed E-state index contributed by atoms with van der Waals surface area (Å²) in [6.07, 6.45) is 0. The fourth-order valence-corrected chi connectivity index (χ4v) is 6.72. The lowest BCUT2D eigenvalue weighted by Crippen LogP contribution is -2.29. The van der Waals surface area contributed by atoms with Gasteiger partial charge in [0.05, 0.1) is 11.6 Å². The van der Waals surface area contributed by atoms with Crippen molar-refractivity contribution in [2.45, 2.75) is 22.7 Å². The van der Waals surface area contributed by atoms with E-state index in [-0.39, 0.29) is 22.3 Å². The molecule has 1 aliphatic rings. The molecule has 5 aromatic rings. The Morgan fingerprint density at radius 2 is 1.70 bits per heavy atom. The molecule has 1 atom stereocenters. The highest BCUT2D eigenvalue weighted by atomic mass is 35.5. The maximum absolute atomic E-state index is 14.2. The van der Waals surface area contributed by atoms with Gasteiger partial charge in [0, 0.05) is 16.3 Å². The molecule has 1 saturated heterocycles. The lowest BCUT2D eigenvalue weighted by Gasteiger charge is -2.23. The molecule has 2 heterocycles. The number of hydrogen-bond acceptors (Lipinski definition) is 8. The summed E-state index contributed by atoms with van der Waals surface area (Å²) in [5, 5.41) is 20.4. The number of thioether (sulfide) groups is 1. The number of rotatable bonds is 9. The molecule has 0 saturated carbocycles. The number of aliphatic hydroxyl groups excluding tert-OH is 1. The third-order valence-corrected chi connectivity index (χ3v) is 9.25. The van der Waals surface area contributed by atoms with E-state index >= 15 is 0 Å². The predicted octanol–water partition coefficient (Wildman–Crippen LogP) is 7.83. The van der Waals surface area contributed by atoms with Crippen LogP contribution in [0.25, 0.3) is 5.76 Å². The van der Waals surface area contributed by atoms with Crippen molar-refractivity contribution in [2.24, 2.45) is 0 Å². The molecular formula is C33H23ClFN3O4S2. The van der Waals surface area contributed by atoms with Crippen LogP contribution < -0.4 is 9.64 Å². The third kappa shape index (κ3) is 6.23. The zero-order chi connectivity index (χ0) is 30.6. The number of Topliss-reactive ketones (excluding diaryl/α,β-unsaturated/α-hetero) is 1. The molecule has 4 aromatic carbocycles. The fourth-order valence-electron chi connectivity index (χ4n) is 4.74. The molecule has 44 heavy (non-hydrogen) atoms. The third-order valence-electron chi connectivity index (χ3n) is 6.90. The summed E-state index contributed by atoms with van der Waals surface area (Å²) < 4.78 is 20.7. The van der Waals surface area contributed by atoms with Gasteiger partial charge in [-0.15, -0.1) is 10.2 Å². The summed E-state index contributed by atoms with van der Waals surface area (Å²) >= 11 is 8.41. The first-order valence-electron chi connectivity index (χ1n) is 13.4. The van der Waals surface area contributed by atoms with Crippen molar-refractivity contribution in [1.29, 1.82) is 0 Å². The molecule has 1 aromatic heterocycles. The quantitative estimate of drug-likeness (QED) is 0.0575. The highest BCUT2D eigenvalue weighted by molar-refractivity contribution is 8.00. The van der Waals surface area contributed by atoms with Crippen LogP contribution in [-0.4, -0.2) is 27.0 Å². The first kappa shape index (κ1) is 29.6. The van der Waals surface area contributed by atoms with Crippen LogP contribution in [0, 0.1) is 5.82 Å². The monoisotopic (exact) mass is 643 g/mol. The largest absolute Gasteiger partial charge is 0.507 e. The minimum absolute atomic E-state index is 0.103. The minimum Gasteiger partial charge on any atom is -0.507 e. The van der Waals surface area contributed by atoms with Gasteiger partial charge in [-0.05, 0) is 59.2 Å². The number of halogens is 2. The molecule has 1 unspecified atom stereocenters. The first-order chi connectivity index (χ1) is 21.4. The van der Waals surface area contributed by atoms with E-state index in [0.717, 1.165) is 16.9 Å². The molecule has 0 aliphatic carbocycles. The van der Waals surface area contributed by atoms with Crippen molar-refractivity contribution >= 4 is 57.3 Å². The summed E-state index contributed by atoms with van der Waals surface area (Å²) in [6.45, 7) is 0.314. The fraction of sp³-hybridized carbons (Fsp3) is 0.0909. The van der Waals surface area contributed by atoms with Crippen molar-refractivity contribution in [3.8, 4) is 5.75 Å². The molecule has 6 rings (SSSR count). The molecule has 220 valence electrons. The van der Waals surface area contributed by atoms with Gasteiger partial charge in [0.25, 0.3) is 5.78 Å². The summed E-state index contributed by atoms with van der Waals surface area (Å²) in [6, 6.07) is 28.4. The average molecular weight is 644 g/mol. The van der Waals surface area contributed by atoms with Gasteiger partial charge in [-0.1, -0.05) is 95.4 Å². The number of aliphatic hydroxyl groups is 1. The minimum atomic E-state index is -1.02. The smallest absolute Gasteiger partial charge is 0.301 e. The number of benzene rings is 4. The van der Waals surface area contributed by atoms with Crippen LogP contribution >= 0.6 is 34.7 Å². The Hall–Kier alpha value is -4.51. The Bertz CT molecular complexity index is 1860. The van der Waals surface area contributed by atoms with Crippen LogP contribution in [0.5, 0.6) is 5.75 Å². The number of amides is 1. The van der Waals surface area contributed by atoms with Crippen molar-refractivity contribution in [3.05, 3.63) is 142 Å². The number of carbonyl (C=O) groups excluding carboxylic acids is 2. The maximum Gasteiger partial charge on any atom is 0.301 e. The first-order valence-corrected chi connectivity index (χ1v) is 15.6. The normalized spacial score (nSPS) is 16.0. The van der Waals surface area contributed by atoms with Gasteiger partial charge in [-0.3, -0.25) is 14.5 Å². The van der Waals surface area contributed by atoms with Gasteiger partial charge in [-0.25, -0.2) is 4.39 Å². The topological polar surface area (TPSA) is 92.6 Å². The van der Waals surface area contributed by atoms with E-state index in [9.17, 15) is 19.1 Å². The zero-order valence-corrected chi connectivity index (χ0v) is 25.3. The standard InChI is InChI=1S/C33H23ClFN3O4S2/c34-24-15-13-21(14-16-24)29(39)27-28(22-10-6-11-25(17-22)42-18-20-7-2-1-3-8-20)38(31(41)30(27)40)32-36-37-33(44-32)43-19-23-9-4-5-12-26(23)35/h1-17,28,39H,18-19H2. The Morgan fingerprint density at radius 3 is 2.48 bits per heavy atom. The van der Waals surface area contributed by atoms with E-state index in [1.807, 2.05) is 30.3 Å². The second-order valence-electron chi connectivity index (χ2n) is 9.75. The molecular weight excluding hydrogens is 621 g/mol. The van der Waals surface area contributed by atoms with Crippen molar-refractivity contribution in [3.63, 3.8) is 0 Å². The van der Waals surface area contributed by atoms with Crippen molar-refractivity contribution in [2.75, 3.05) is 4.90 Å². The van der Waals surface area contributed by atoms with Crippen LogP contribution in [0.4, 0.5) is 9.52 Å². The van der Waals surface area contributed by atoms with E-state index in [1.54, 1.807) is 66.7 Å². The molecule has 1 N–H and O–H groups in total. The summed E-state index contributed by atoms with van der Waals surface area (Å²) in [5.41, 5.74) is 2.23. The predicted molar refractivity (Wildman–Crippen MR) is 169 cm³/mol. The Labute approximate surface area is 265 Å². The molecule has 7 nitrogen and oxygen atoms in total. The van der Waals surface area contributed by atoms with Gasteiger partial charge >= 0.3 is 5.91 Å². The number of ketones is 1. The summed E-state index contributed by atoms with van der Waals surface area (Å²) in [4.78, 5) is 28.4. The molecule has 0 bridgehead atoms. The SMILES string of the molecule is O=C1C(=O)N(c2nnc(SCc3ccccc3F)s2)C(c2cccc(OCc3ccccc3)c2)C1=C(O)c1ccc(Cl)cc1. The van der Waals surface area contributed by atoms with Crippen LogP contribution in [0.2, 0.25) is 5.02 Å². The number of aromatic nitrogens is 2. The van der Waals surface area contributed by atoms with E-state index in [2.05, 4.69) is 10.2 Å². The van der Waals surface area contributed by atoms with Crippen molar-refractivity contribution < 1.29 is 23.8 Å². The highest BCUT2D eigenvalue weighted by Crippen LogP contribution is 2.44. The van der Waals surface area contributed by atoms with Crippen LogP contribution in [0.15, 0.2) is 113 Å². The van der Waals surface area contributed by atoms with Crippen molar-refractivity contribution in [1.82, 2.24) is 10.2 Å². The van der Waals surface area contributed by atoms with Gasteiger partial charge in [0.1, 0.15) is 23.9 Å². The Morgan fingerprint density at radius 1 is 0.955 bits per heavy atom. The van der Waals surface area contributed by atoms with E-state index in [1.165, 1.54) is 22.7 Å². The molecule has 0 spiro atoms. The second-order valence-corrected chi connectivity index (χ2v) is 12.4. The van der Waals surface area contributed by atoms with Crippen LogP contribution in [0.3, 0.4) is 0 Å².